The van der Waals surface area contributed by atoms with E-state index in [0.29, 0.717) is 17.1 Å². The van der Waals surface area contributed by atoms with Crippen molar-refractivity contribution in [2.24, 2.45) is 0 Å². The smallest absolute Gasteiger partial charge is 0.161 e. The first kappa shape index (κ1) is 18.2. The lowest BCUT2D eigenvalue weighted by atomic mass is 10.1. The maximum absolute atomic E-state index is 13.7. The third-order valence-electron chi connectivity index (χ3n) is 3.65. The first-order valence-electron chi connectivity index (χ1n) is 7.64. The third-order valence-corrected chi connectivity index (χ3v) is 3.65. The van der Waals surface area contributed by atoms with Gasteiger partial charge in [0.15, 0.2) is 11.5 Å². The van der Waals surface area contributed by atoms with Crippen molar-refractivity contribution in [1.29, 1.82) is 0 Å². The number of benzene rings is 2. The normalized spacial score (nSPS) is 12.0. The second-order valence-corrected chi connectivity index (χ2v) is 5.32. The summed E-state index contributed by atoms with van der Waals surface area (Å²) in [7, 11) is 1.54. The standard InChI is InChI=1S/C18H21F2NO3/c1-12(21-11-14-3-5-15(19)10-16(14)20)13-4-6-17(24-8-7-22)18(9-13)23-2/h3-6,9-10,12,21-22H,7-8,11H2,1-2H3. The van der Waals surface area contributed by atoms with Crippen molar-refractivity contribution in [3.8, 4) is 11.5 Å². The van der Waals surface area contributed by atoms with E-state index in [-0.39, 0.29) is 25.8 Å². The fraction of sp³-hybridized carbons (Fsp3) is 0.333. The minimum atomic E-state index is -0.590. The largest absolute Gasteiger partial charge is 0.493 e. The summed E-state index contributed by atoms with van der Waals surface area (Å²) in [6.07, 6.45) is 0. The highest BCUT2D eigenvalue weighted by atomic mass is 19.1. The molecule has 2 aromatic carbocycles. The molecular formula is C18H21F2NO3. The zero-order valence-corrected chi connectivity index (χ0v) is 13.7. The minimum absolute atomic E-state index is 0.0738. The van der Waals surface area contributed by atoms with Crippen LogP contribution in [0.5, 0.6) is 11.5 Å². The highest BCUT2D eigenvalue weighted by molar-refractivity contribution is 5.43. The van der Waals surface area contributed by atoms with Crippen LogP contribution in [0.1, 0.15) is 24.1 Å². The molecule has 0 fully saturated rings. The fourth-order valence-electron chi connectivity index (χ4n) is 2.27. The lowest BCUT2D eigenvalue weighted by Crippen LogP contribution is -2.19. The van der Waals surface area contributed by atoms with Gasteiger partial charge >= 0.3 is 0 Å². The molecule has 1 unspecified atom stereocenters. The number of hydrogen-bond acceptors (Lipinski definition) is 4. The van der Waals surface area contributed by atoms with Crippen LogP contribution in [0.2, 0.25) is 0 Å². The van der Waals surface area contributed by atoms with Gasteiger partial charge in [0.2, 0.25) is 0 Å². The SMILES string of the molecule is COc1cc(C(C)NCc2ccc(F)cc2F)ccc1OCCO. The monoisotopic (exact) mass is 337 g/mol. The van der Waals surface area contributed by atoms with Crippen molar-refractivity contribution in [2.45, 2.75) is 19.5 Å². The first-order valence-corrected chi connectivity index (χ1v) is 7.64. The Morgan fingerprint density at radius 3 is 2.58 bits per heavy atom. The highest BCUT2D eigenvalue weighted by Crippen LogP contribution is 2.30. The van der Waals surface area contributed by atoms with Gasteiger partial charge in [-0.25, -0.2) is 8.78 Å². The minimum Gasteiger partial charge on any atom is -0.493 e. The number of nitrogens with one attached hydrogen (secondary N) is 1. The van der Waals surface area contributed by atoms with Gasteiger partial charge in [-0.2, -0.15) is 0 Å². The fourth-order valence-corrected chi connectivity index (χ4v) is 2.27. The van der Waals surface area contributed by atoms with Crippen LogP contribution in [0, 0.1) is 11.6 Å². The van der Waals surface area contributed by atoms with Gasteiger partial charge in [-0.05, 0) is 30.7 Å². The average molecular weight is 337 g/mol. The number of hydrogen-bond donors (Lipinski definition) is 2. The molecular weight excluding hydrogens is 316 g/mol. The average Bonchev–Trinajstić information content (AvgIpc) is 2.58. The molecule has 0 aromatic heterocycles. The predicted octanol–water partition coefficient (Wildman–Crippen LogP) is 3.20. The maximum Gasteiger partial charge on any atom is 0.161 e. The molecule has 0 radical (unpaired) electrons. The first-order chi connectivity index (χ1) is 11.5. The summed E-state index contributed by atoms with van der Waals surface area (Å²) in [5, 5.41) is 12.0. The molecule has 2 N–H and O–H groups in total. The van der Waals surface area contributed by atoms with Crippen molar-refractivity contribution in [1.82, 2.24) is 5.32 Å². The molecule has 0 saturated carbocycles. The van der Waals surface area contributed by atoms with Crippen molar-refractivity contribution >= 4 is 0 Å². The molecule has 0 amide bonds. The van der Waals surface area contributed by atoms with E-state index in [9.17, 15) is 8.78 Å². The Bertz CT molecular complexity index is 679. The Morgan fingerprint density at radius 1 is 1.12 bits per heavy atom. The summed E-state index contributed by atoms with van der Waals surface area (Å²) in [5.74, 6) is -0.0535. The Hall–Kier alpha value is -2.18. The van der Waals surface area contributed by atoms with Gasteiger partial charge in [-0.3, -0.25) is 0 Å². The molecule has 0 aliphatic carbocycles. The van der Waals surface area contributed by atoms with Crippen LogP contribution >= 0.6 is 0 Å². The van der Waals surface area contributed by atoms with Crippen molar-refractivity contribution in [3.05, 3.63) is 59.2 Å². The molecule has 1 atom stereocenters. The lowest BCUT2D eigenvalue weighted by Gasteiger charge is -2.17. The summed E-state index contributed by atoms with van der Waals surface area (Å²) in [4.78, 5) is 0. The zero-order valence-electron chi connectivity index (χ0n) is 13.7. The number of halogens is 2. The topological polar surface area (TPSA) is 50.7 Å². The Labute approximate surface area is 140 Å². The van der Waals surface area contributed by atoms with Crippen molar-refractivity contribution in [3.63, 3.8) is 0 Å². The molecule has 0 spiro atoms. The Balaban J connectivity index is 2.04. The molecule has 24 heavy (non-hydrogen) atoms. The Morgan fingerprint density at radius 2 is 1.92 bits per heavy atom. The number of methoxy groups -OCH3 is 1. The van der Waals surface area contributed by atoms with Gasteiger partial charge < -0.3 is 19.9 Å². The third kappa shape index (κ3) is 4.66. The van der Waals surface area contributed by atoms with Crippen LogP contribution in [0.25, 0.3) is 0 Å². The molecule has 130 valence electrons. The molecule has 0 heterocycles. The lowest BCUT2D eigenvalue weighted by molar-refractivity contribution is 0.196. The second kappa shape index (κ2) is 8.61. The number of ether oxygens (including phenoxy) is 2. The van der Waals surface area contributed by atoms with Crippen LogP contribution in [-0.4, -0.2) is 25.4 Å². The number of aliphatic hydroxyl groups is 1. The van der Waals surface area contributed by atoms with E-state index in [2.05, 4.69) is 5.32 Å². The van der Waals surface area contributed by atoms with E-state index in [1.165, 1.54) is 19.2 Å². The van der Waals surface area contributed by atoms with Crippen LogP contribution in [0.15, 0.2) is 36.4 Å². The summed E-state index contributed by atoms with van der Waals surface area (Å²) in [6, 6.07) is 8.92. The quantitative estimate of drug-likeness (QED) is 0.777. The molecule has 0 aliphatic heterocycles. The highest BCUT2D eigenvalue weighted by Gasteiger charge is 2.12. The van der Waals surface area contributed by atoms with Crippen molar-refractivity contribution in [2.75, 3.05) is 20.3 Å². The molecule has 6 heteroatoms. The van der Waals surface area contributed by atoms with E-state index in [0.717, 1.165) is 11.6 Å². The summed E-state index contributed by atoms with van der Waals surface area (Å²) < 4.78 is 37.3. The van der Waals surface area contributed by atoms with Crippen LogP contribution < -0.4 is 14.8 Å². The molecule has 0 bridgehead atoms. The summed E-state index contributed by atoms with van der Waals surface area (Å²) >= 11 is 0. The molecule has 4 nitrogen and oxygen atoms in total. The molecule has 2 aromatic rings. The molecule has 0 saturated heterocycles. The van der Waals surface area contributed by atoms with Gasteiger partial charge in [0.25, 0.3) is 0 Å². The van der Waals surface area contributed by atoms with Gasteiger partial charge in [0.1, 0.15) is 18.2 Å². The van der Waals surface area contributed by atoms with Crippen LogP contribution in [0.4, 0.5) is 8.78 Å². The molecule has 0 aliphatic rings. The summed E-state index contributed by atoms with van der Waals surface area (Å²) in [5.41, 5.74) is 1.34. The molecule has 2 rings (SSSR count). The number of aliphatic hydroxyl groups excluding tert-OH is 1. The van der Waals surface area contributed by atoms with Gasteiger partial charge in [0.05, 0.1) is 13.7 Å². The van der Waals surface area contributed by atoms with E-state index in [4.69, 9.17) is 14.6 Å². The zero-order chi connectivity index (χ0) is 17.5. The predicted molar refractivity (Wildman–Crippen MR) is 87.2 cm³/mol. The Kier molecular flexibility index (Phi) is 6.52. The van der Waals surface area contributed by atoms with Gasteiger partial charge in [-0.1, -0.05) is 12.1 Å². The summed E-state index contributed by atoms with van der Waals surface area (Å²) in [6.45, 7) is 2.32. The van der Waals surface area contributed by atoms with Crippen LogP contribution in [0.3, 0.4) is 0 Å². The van der Waals surface area contributed by atoms with Gasteiger partial charge in [0, 0.05) is 24.2 Å². The van der Waals surface area contributed by atoms with E-state index in [1.54, 1.807) is 6.07 Å². The van der Waals surface area contributed by atoms with E-state index in [1.807, 2.05) is 19.1 Å². The van der Waals surface area contributed by atoms with E-state index >= 15 is 0 Å². The van der Waals surface area contributed by atoms with Crippen LogP contribution in [-0.2, 0) is 6.54 Å². The maximum atomic E-state index is 13.7. The number of rotatable bonds is 8. The van der Waals surface area contributed by atoms with E-state index < -0.39 is 11.6 Å². The van der Waals surface area contributed by atoms with Crippen molar-refractivity contribution < 1.29 is 23.4 Å². The second-order valence-electron chi connectivity index (χ2n) is 5.32. The van der Waals surface area contributed by atoms with Gasteiger partial charge in [-0.15, -0.1) is 0 Å².